The van der Waals surface area contributed by atoms with Crippen LogP contribution in [0.4, 0.5) is 0 Å². The second kappa shape index (κ2) is 8.35. The number of nitrogens with zero attached hydrogens (tertiary/aromatic N) is 3. The van der Waals surface area contributed by atoms with Gasteiger partial charge in [-0.05, 0) is 30.9 Å². The predicted molar refractivity (Wildman–Crippen MR) is 104 cm³/mol. The molecule has 0 aliphatic carbocycles. The van der Waals surface area contributed by atoms with Crippen LogP contribution in [0.15, 0.2) is 46.0 Å². The first-order chi connectivity index (χ1) is 13.0. The van der Waals surface area contributed by atoms with Crippen molar-refractivity contribution >= 4 is 5.91 Å². The van der Waals surface area contributed by atoms with Crippen molar-refractivity contribution in [2.24, 2.45) is 14.1 Å². The van der Waals surface area contributed by atoms with Gasteiger partial charge in [0.05, 0.1) is 0 Å². The third-order valence-corrected chi connectivity index (χ3v) is 5.25. The summed E-state index contributed by atoms with van der Waals surface area (Å²) in [5, 5.41) is 2.83. The van der Waals surface area contributed by atoms with Gasteiger partial charge in [-0.15, -0.1) is 0 Å². The number of aromatic nitrogens is 2. The average molecular weight is 370 g/mol. The molecule has 1 N–H and O–H groups in total. The van der Waals surface area contributed by atoms with E-state index in [1.807, 2.05) is 6.07 Å². The molecular weight excluding hydrogens is 344 g/mol. The fraction of sp³-hybridized carbons (Fsp3) is 0.450. The van der Waals surface area contributed by atoms with Gasteiger partial charge in [-0.2, -0.15) is 0 Å². The Morgan fingerprint density at radius 3 is 2.63 bits per heavy atom. The lowest BCUT2D eigenvalue weighted by Crippen LogP contribution is -2.43. The van der Waals surface area contributed by atoms with Gasteiger partial charge in [-0.3, -0.25) is 18.7 Å². The van der Waals surface area contributed by atoms with Crippen LogP contribution in [0.1, 0.15) is 34.8 Å². The van der Waals surface area contributed by atoms with Crippen LogP contribution in [0.2, 0.25) is 0 Å². The van der Waals surface area contributed by atoms with E-state index in [0.717, 1.165) is 30.6 Å². The van der Waals surface area contributed by atoms with Crippen LogP contribution in [-0.2, 0) is 14.1 Å². The Morgan fingerprint density at radius 1 is 1.15 bits per heavy atom. The molecule has 1 aromatic heterocycles. The lowest BCUT2D eigenvalue weighted by Gasteiger charge is -2.33. The largest absolute Gasteiger partial charge is 0.349 e. The summed E-state index contributed by atoms with van der Waals surface area (Å²) in [4.78, 5) is 38.4. The quantitative estimate of drug-likeness (QED) is 0.840. The van der Waals surface area contributed by atoms with Crippen molar-refractivity contribution < 1.29 is 4.79 Å². The number of rotatable bonds is 5. The summed E-state index contributed by atoms with van der Waals surface area (Å²) >= 11 is 0. The van der Waals surface area contributed by atoms with E-state index >= 15 is 0 Å². The molecule has 2 aromatic rings. The first-order valence-corrected chi connectivity index (χ1v) is 9.30. The summed E-state index contributed by atoms with van der Waals surface area (Å²) in [6, 6.07) is 11.7. The van der Waals surface area contributed by atoms with Crippen LogP contribution in [0.3, 0.4) is 0 Å². The van der Waals surface area contributed by atoms with Gasteiger partial charge >= 0.3 is 5.69 Å². The molecule has 0 bridgehead atoms. The summed E-state index contributed by atoms with van der Waals surface area (Å²) in [7, 11) is 2.89. The zero-order valence-corrected chi connectivity index (χ0v) is 15.9. The minimum atomic E-state index is -0.505. The number of likely N-dealkylation sites (tertiary alicyclic amines) is 1. The molecule has 27 heavy (non-hydrogen) atoms. The topological polar surface area (TPSA) is 76.3 Å². The smallest absolute Gasteiger partial charge is 0.331 e. The van der Waals surface area contributed by atoms with Crippen molar-refractivity contribution in [3.63, 3.8) is 0 Å². The summed E-state index contributed by atoms with van der Waals surface area (Å²) in [6.45, 7) is 3.21. The fourth-order valence-electron chi connectivity index (χ4n) is 3.62. The highest BCUT2D eigenvalue weighted by molar-refractivity contribution is 5.92. The summed E-state index contributed by atoms with van der Waals surface area (Å²) in [5.74, 6) is 0.123. The molecule has 0 saturated carbocycles. The lowest BCUT2D eigenvalue weighted by molar-refractivity contribution is 0.0935. The molecule has 1 fully saturated rings. The molecule has 1 aliphatic rings. The van der Waals surface area contributed by atoms with Gasteiger partial charge in [0.2, 0.25) is 0 Å². The third kappa shape index (κ3) is 4.36. The summed E-state index contributed by atoms with van der Waals surface area (Å²) in [5.41, 5.74) is 0.463. The van der Waals surface area contributed by atoms with E-state index in [4.69, 9.17) is 0 Å². The van der Waals surface area contributed by atoms with Gasteiger partial charge in [0.1, 0.15) is 5.69 Å². The van der Waals surface area contributed by atoms with Crippen LogP contribution in [0.5, 0.6) is 0 Å². The third-order valence-electron chi connectivity index (χ3n) is 5.25. The SMILES string of the molecule is Cn1c(C(=O)NCCN2CCC[C@@H](c3ccccc3)C2)cc(=O)n(C)c1=O. The number of amides is 1. The van der Waals surface area contributed by atoms with Gasteiger partial charge in [0.25, 0.3) is 11.5 Å². The van der Waals surface area contributed by atoms with Crippen LogP contribution < -0.4 is 16.6 Å². The second-order valence-electron chi connectivity index (χ2n) is 7.07. The molecular formula is C20H26N4O3. The predicted octanol–water partition coefficient (Wildman–Crippen LogP) is 0.693. The maximum absolute atomic E-state index is 12.4. The number of carbonyl (C=O) groups is 1. The van der Waals surface area contributed by atoms with E-state index < -0.39 is 17.2 Å². The van der Waals surface area contributed by atoms with Gasteiger partial charge in [0, 0.05) is 39.8 Å². The van der Waals surface area contributed by atoms with E-state index in [9.17, 15) is 14.4 Å². The second-order valence-corrected chi connectivity index (χ2v) is 7.07. The Labute approximate surface area is 158 Å². The molecule has 144 valence electrons. The van der Waals surface area contributed by atoms with Gasteiger partial charge in [0.15, 0.2) is 0 Å². The molecule has 2 heterocycles. The molecule has 0 spiro atoms. The van der Waals surface area contributed by atoms with Crippen molar-refractivity contribution in [3.8, 4) is 0 Å². The van der Waals surface area contributed by atoms with E-state index in [1.54, 1.807) is 0 Å². The minimum absolute atomic E-state index is 0.0870. The van der Waals surface area contributed by atoms with E-state index in [-0.39, 0.29) is 5.69 Å². The van der Waals surface area contributed by atoms with Gasteiger partial charge < -0.3 is 10.2 Å². The van der Waals surface area contributed by atoms with E-state index in [0.29, 0.717) is 12.5 Å². The minimum Gasteiger partial charge on any atom is -0.349 e. The molecule has 7 nitrogen and oxygen atoms in total. The highest BCUT2D eigenvalue weighted by atomic mass is 16.2. The molecule has 1 amide bonds. The Morgan fingerprint density at radius 2 is 1.89 bits per heavy atom. The van der Waals surface area contributed by atoms with Crippen LogP contribution in [0.25, 0.3) is 0 Å². The van der Waals surface area contributed by atoms with Crippen molar-refractivity contribution in [1.29, 1.82) is 0 Å². The van der Waals surface area contributed by atoms with Crippen molar-refractivity contribution in [3.05, 3.63) is 68.5 Å². The highest BCUT2D eigenvalue weighted by Gasteiger charge is 2.21. The zero-order chi connectivity index (χ0) is 19.4. The Kier molecular flexibility index (Phi) is 5.91. The monoisotopic (exact) mass is 370 g/mol. The first-order valence-electron chi connectivity index (χ1n) is 9.30. The zero-order valence-electron chi connectivity index (χ0n) is 15.9. The van der Waals surface area contributed by atoms with Crippen LogP contribution in [0, 0.1) is 0 Å². The van der Waals surface area contributed by atoms with Gasteiger partial charge in [-0.1, -0.05) is 30.3 Å². The number of piperidine rings is 1. The van der Waals surface area contributed by atoms with Crippen molar-refractivity contribution in [1.82, 2.24) is 19.4 Å². The molecule has 1 aliphatic heterocycles. The molecule has 1 saturated heterocycles. The molecule has 7 heteroatoms. The molecule has 0 unspecified atom stereocenters. The normalized spacial score (nSPS) is 17.6. The number of carbonyl (C=O) groups excluding carboxylic acids is 1. The van der Waals surface area contributed by atoms with Crippen molar-refractivity contribution in [2.45, 2.75) is 18.8 Å². The Balaban J connectivity index is 1.56. The number of hydrogen-bond donors (Lipinski definition) is 1. The molecule has 3 rings (SSSR count). The lowest BCUT2D eigenvalue weighted by atomic mass is 9.91. The standard InChI is InChI=1S/C20H26N4O3/c1-22-17(13-18(25)23(2)20(22)27)19(26)21-10-12-24-11-6-9-16(14-24)15-7-4-3-5-8-15/h3-5,7-8,13,16H,6,9-12,14H2,1-2H3,(H,21,26)/t16-/m1/s1. The molecule has 1 atom stereocenters. The fourth-order valence-corrected chi connectivity index (χ4v) is 3.62. The van der Waals surface area contributed by atoms with E-state index in [1.165, 1.54) is 36.7 Å². The number of nitrogens with one attached hydrogen (secondary N) is 1. The number of hydrogen-bond acceptors (Lipinski definition) is 4. The number of benzene rings is 1. The van der Waals surface area contributed by atoms with Crippen LogP contribution >= 0.6 is 0 Å². The average Bonchev–Trinajstić information content (AvgIpc) is 2.70. The van der Waals surface area contributed by atoms with Gasteiger partial charge in [-0.25, -0.2) is 4.79 Å². The Bertz CT molecular complexity index is 917. The summed E-state index contributed by atoms with van der Waals surface area (Å²) in [6.07, 6.45) is 2.32. The summed E-state index contributed by atoms with van der Waals surface area (Å²) < 4.78 is 2.18. The first kappa shape index (κ1) is 19.1. The van der Waals surface area contributed by atoms with E-state index in [2.05, 4.69) is 34.5 Å². The Hall–Kier alpha value is -2.67. The maximum Gasteiger partial charge on any atom is 0.331 e. The maximum atomic E-state index is 12.4. The molecule has 1 aromatic carbocycles. The van der Waals surface area contributed by atoms with Crippen molar-refractivity contribution in [2.75, 3.05) is 26.2 Å². The van der Waals surface area contributed by atoms with Crippen LogP contribution in [-0.4, -0.2) is 46.1 Å². The highest BCUT2D eigenvalue weighted by Crippen LogP contribution is 2.26. The molecule has 0 radical (unpaired) electrons.